The molecular weight excluding hydrogens is 395 g/mol. The number of carbonyl (C=O) groups excluding carboxylic acids is 2. The molecule has 2 amide bonds. The van der Waals surface area contributed by atoms with Gasteiger partial charge < -0.3 is 5.32 Å². The van der Waals surface area contributed by atoms with E-state index in [1.807, 2.05) is 0 Å². The first kappa shape index (κ1) is 25.7. The summed E-state index contributed by atoms with van der Waals surface area (Å²) in [5.74, 6) is -2.18. The topological polar surface area (TPSA) is 70.6 Å². The van der Waals surface area contributed by atoms with E-state index in [0.29, 0.717) is 17.7 Å². The summed E-state index contributed by atoms with van der Waals surface area (Å²) in [5.41, 5.74) is 3.68. The van der Waals surface area contributed by atoms with Gasteiger partial charge in [-0.1, -0.05) is 70.4 Å². The minimum absolute atomic E-state index is 0.0308. The minimum atomic E-state index is -4.94. The van der Waals surface area contributed by atoms with Gasteiger partial charge in [0.1, 0.15) is 0 Å². The molecular formula is C22H32F3N3O2. The first-order chi connectivity index (χ1) is 14.2. The summed E-state index contributed by atoms with van der Waals surface area (Å²) in [6, 6.07) is 5.75. The molecule has 0 heterocycles. The third-order valence-corrected chi connectivity index (χ3v) is 4.67. The van der Waals surface area contributed by atoms with E-state index in [9.17, 15) is 22.8 Å². The lowest BCUT2D eigenvalue weighted by molar-refractivity contribution is -0.167. The van der Waals surface area contributed by atoms with Crippen molar-refractivity contribution in [3.05, 3.63) is 29.8 Å². The number of carbonyl (C=O) groups is 2. The number of hydrazone groups is 1. The molecule has 0 atom stereocenters. The maximum atomic E-state index is 12.3. The minimum Gasteiger partial charge on any atom is -0.318 e. The Morgan fingerprint density at radius 1 is 0.900 bits per heavy atom. The number of nitrogens with one attached hydrogen (secondary N) is 2. The van der Waals surface area contributed by atoms with Crippen molar-refractivity contribution in [1.29, 1.82) is 0 Å². The monoisotopic (exact) mass is 427 g/mol. The second kappa shape index (κ2) is 13.8. The second-order valence-corrected chi connectivity index (χ2v) is 7.34. The average Bonchev–Trinajstić information content (AvgIpc) is 2.70. The van der Waals surface area contributed by atoms with Gasteiger partial charge in [0.25, 0.3) is 0 Å². The SMILES string of the molecule is CCCCCCCCCCCC(=O)N/N=C(/C)c1ccc(NC(=O)C(F)(F)F)cc1. The molecule has 30 heavy (non-hydrogen) atoms. The molecule has 0 saturated carbocycles. The quantitative estimate of drug-likeness (QED) is 0.232. The summed E-state index contributed by atoms with van der Waals surface area (Å²) in [5, 5.41) is 5.81. The van der Waals surface area contributed by atoms with Crippen LogP contribution in [0, 0.1) is 0 Å². The van der Waals surface area contributed by atoms with E-state index in [4.69, 9.17) is 0 Å². The molecule has 0 saturated heterocycles. The van der Waals surface area contributed by atoms with Crippen LogP contribution in [-0.4, -0.2) is 23.7 Å². The molecule has 168 valence electrons. The Labute approximate surface area is 176 Å². The molecule has 1 aromatic rings. The summed E-state index contributed by atoms with van der Waals surface area (Å²) in [6.45, 7) is 3.89. The van der Waals surface area contributed by atoms with Gasteiger partial charge in [0.15, 0.2) is 0 Å². The Kier molecular flexibility index (Phi) is 11.8. The van der Waals surface area contributed by atoms with Gasteiger partial charge in [-0.05, 0) is 31.0 Å². The zero-order valence-electron chi connectivity index (χ0n) is 17.8. The fourth-order valence-electron chi connectivity index (χ4n) is 2.86. The van der Waals surface area contributed by atoms with Gasteiger partial charge in [-0.25, -0.2) is 5.43 Å². The number of alkyl halides is 3. The predicted molar refractivity (Wildman–Crippen MR) is 113 cm³/mol. The highest BCUT2D eigenvalue weighted by atomic mass is 19.4. The molecule has 0 fully saturated rings. The molecule has 0 aliphatic heterocycles. The van der Waals surface area contributed by atoms with Gasteiger partial charge in [-0.2, -0.15) is 18.3 Å². The third-order valence-electron chi connectivity index (χ3n) is 4.67. The highest BCUT2D eigenvalue weighted by Crippen LogP contribution is 2.18. The van der Waals surface area contributed by atoms with Crippen LogP contribution < -0.4 is 10.7 Å². The second-order valence-electron chi connectivity index (χ2n) is 7.34. The van der Waals surface area contributed by atoms with Crippen LogP contribution in [0.3, 0.4) is 0 Å². The molecule has 1 aromatic carbocycles. The Morgan fingerprint density at radius 2 is 1.43 bits per heavy atom. The fourth-order valence-corrected chi connectivity index (χ4v) is 2.86. The number of anilines is 1. The summed E-state index contributed by atoms with van der Waals surface area (Å²) in [4.78, 5) is 22.8. The molecule has 0 aliphatic rings. The third kappa shape index (κ3) is 11.0. The van der Waals surface area contributed by atoms with Crippen LogP contribution in [0.15, 0.2) is 29.4 Å². The van der Waals surface area contributed by atoms with E-state index in [2.05, 4.69) is 17.5 Å². The van der Waals surface area contributed by atoms with Crippen molar-refractivity contribution < 1.29 is 22.8 Å². The molecule has 0 aliphatic carbocycles. The highest BCUT2D eigenvalue weighted by molar-refractivity contribution is 6.00. The maximum absolute atomic E-state index is 12.3. The van der Waals surface area contributed by atoms with Gasteiger partial charge in [0.2, 0.25) is 5.91 Å². The zero-order valence-corrected chi connectivity index (χ0v) is 17.8. The van der Waals surface area contributed by atoms with Crippen LogP contribution in [0.1, 0.15) is 83.6 Å². The fraction of sp³-hybridized carbons (Fsp3) is 0.591. The number of hydrogen-bond donors (Lipinski definition) is 2. The van der Waals surface area contributed by atoms with Crippen molar-refractivity contribution in [2.75, 3.05) is 5.32 Å². The van der Waals surface area contributed by atoms with Crippen molar-refractivity contribution in [2.45, 2.75) is 84.2 Å². The molecule has 0 unspecified atom stereocenters. The lowest BCUT2D eigenvalue weighted by atomic mass is 10.1. The first-order valence-electron chi connectivity index (χ1n) is 10.6. The van der Waals surface area contributed by atoms with E-state index in [0.717, 1.165) is 19.3 Å². The summed E-state index contributed by atoms with van der Waals surface area (Å²) in [7, 11) is 0. The number of hydrogen-bond acceptors (Lipinski definition) is 3. The summed E-state index contributed by atoms with van der Waals surface area (Å²) in [6.07, 6.45) is 6.08. The van der Waals surface area contributed by atoms with Crippen LogP contribution in [0.25, 0.3) is 0 Å². The maximum Gasteiger partial charge on any atom is 0.471 e. The molecule has 1 rings (SSSR count). The Hall–Kier alpha value is -2.38. The average molecular weight is 428 g/mol. The van der Waals surface area contributed by atoms with Gasteiger partial charge in [-0.3, -0.25) is 9.59 Å². The number of nitrogens with zero attached hydrogens (tertiary/aromatic N) is 1. The Bertz CT molecular complexity index is 686. The molecule has 5 nitrogen and oxygen atoms in total. The smallest absolute Gasteiger partial charge is 0.318 e. The van der Waals surface area contributed by atoms with Gasteiger partial charge in [0, 0.05) is 12.1 Å². The number of unbranched alkanes of at least 4 members (excludes halogenated alkanes) is 8. The molecule has 0 spiro atoms. The van der Waals surface area contributed by atoms with E-state index >= 15 is 0 Å². The van der Waals surface area contributed by atoms with Crippen molar-refractivity contribution in [3.63, 3.8) is 0 Å². The number of halogens is 3. The van der Waals surface area contributed by atoms with Gasteiger partial charge in [0.05, 0.1) is 5.71 Å². The van der Waals surface area contributed by atoms with Gasteiger partial charge >= 0.3 is 12.1 Å². The predicted octanol–water partition coefficient (Wildman–Crippen LogP) is 5.95. The van der Waals surface area contributed by atoms with Crippen LogP contribution in [0.5, 0.6) is 0 Å². The van der Waals surface area contributed by atoms with E-state index < -0.39 is 12.1 Å². The zero-order chi connectivity index (χ0) is 22.4. The molecule has 0 aromatic heterocycles. The van der Waals surface area contributed by atoms with Crippen molar-refractivity contribution >= 4 is 23.2 Å². The van der Waals surface area contributed by atoms with Crippen molar-refractivity contribution in [3.8, 4) is 0 Å². The summed E-state index contributed by atoms with van der Waals surface area (Å²) >= 11 is 0. The number of rotatable bonds is 13. The molecule has 0 radical (unpaired) electrons. The normalized spacial score (nSPS) is 12.0. The molecule has 8 heteroatoms. The van der Waals surface area contributed by atoms with Crippen molar-refractivity contribution in [1.82, 2.24) is 5.43 Å². The highest BCUT2D eigenvalue weighted by Gasteiger charge is 2.38. The van der Waals surface area contributed by atoms with Crippen LogP contribution >= 0.6 is 0 Å². The molecule has 2 N–H and O–H groups in total. The van der Waals surface area contributed by atoms with E-state index in [1.165, 1.54) is 62.8 Å². The van der Waals surface area contributed by atoms with E-state index in [1.54, 1.807) is 12.2 Å². The lowest BCUT2D eigenvalue weighted by Crippen LogP contribution is -2.29. The standard InChI is InChI=1S/C22H32F3N3O2/c1-3-4-5-6-7-8-9-10-11-12-20(29)28-27-17(2)18-13-15-19(16-14-18)26-21(30)22(23,24)25/h13-16H,3-12H2,1-2H3,(H,26,30)(H,28,29)/b27-17-. The van der Waals surface area contributed by atoms with Crippen molar-refractivity contribution in [2.24, 2.45) is 5.10 Å². The van der Waals surface area contributed by atoms with Gasteiger partial charge in [-0.15, -0.1) is 0 Å². The molecule has 0 bridgehead atoms. The van der Waals surface area contributed by atoms with Crippen LogP contribution in [0.2, 0.25) is 0 Å². The number of amides is 2. The lowest BCUT2D eigenvalue weighted by Gasteiger charge is -2.08. The Morgan fingerprint density at radius 3 is 1.97 bits per heavy atom. The van der Waals surface area contributed by atoms with E-state index in [-0.39, 0.29) is 11.6 Å². The van der Waals surface area contributed by atoms with Crippen LogP contribution in [-0.2, 0) is 9.59 Å². The largest absolute Gasteiger partial charge is 0.471 e. The number of benzene rings is 1. The van der Waals surface area contributed by atoms with Crippen LogP contribution in [0.4, 0.5) is 18.9 Å². The Balaban J connectivity index is 2.29. The summed E-state index contributed by atoms with van der Waals surface area (Å²) < 4.78 is 36.8. The first-order valence-corrected chi connectivity index (χ1v) is 10.6.